The van der Waals surface area contributed by atoms with Gasteiger partial charge < -0.3 is 15.8 Å². The summed E-state index contributed by atoms with van der Waals surface area (Å²) in [6.07, 6.45) is 2.88. The van der Waals surface area contributed by atoms with Crippen LogP contribution in [0, 0.1) is 12.7 Å². The molecule has 2 aromatic carbocycles. The highest BCUT2D eigenvalue weighted by Crippen LogP contribution is 2.34. The SMILES string of the molecule is Cc1c(C(=O)Nc2ccc(Oc3ccnc(N)c3Cl)c(F)c2)cnn1-c1ccccc1. The van der Waals surface area contributed by atoms with Crippen molar-refractivity contribution in [3.05, 3.63) is 89.1 Å². The molecule has 4 aromatic rings. The smallest absolute Gasteiger partial charge is 0.259 e. The number of aromatic nitrogens is 3. The molecule has 7 nitrogen and oxygen atoms in total. The molecule has 0 aliphatic carbocycles. The fourth-order valence-corrected chi connectivity index (χ4v) is 3.11. The van der Waals surface area contributed by atoms with E-state index < -0.39 is 11.7 Å². The number of anilines is 2. The van der Waals surface area contributed by atoms with Crippen molar-refractivity contribution < 1.29 is 13.9 Å². The Bertz CT molecular complexity index is 1260. The summed E-state index contributed by atoms with van der Waals surface area (Å²) in [6, 6.07) is 15.0. The maximum atomic E-state index is 14.5. The van der Waals surface area contributed by atoms with E-state index in [0.29, 0.717) is 11.3 Å². The van der Waals surface area contributed by atoms with Crippen molar-refractivity contribution in [3.8, 4) is 17.2 Å². The molecule has 2 aromatic heterocycles. The second-order valence-corrected chi connectivity index (χ2v) is 6.98. The lowest BCUT2D eigenvalue weighted by Crippen LogP contribution is -2.13. The summed E-state index contributed by atoms with van der Waals surface area (Å²) < 4.78 is 21.7. The van der Waals surface area contributed by atoms with E-state index >= 15 is 0 Å². The summed E-state index contributed by atoms with van der Waals surface area (Å²) in [6.45, 7) is 1.79. The number of nitrogens with zero attached hydrogens (tertiary/aromatic N) is 3. The number of para-hydroxylation sites is 1. The molecule has 31 heavy (non-hydrogen) atoms. The largest absolute Gasteiger partial charge is 0.453 e. The molecule has 0 radical (unpaired) electrons. The number of benzene rings is 2. The molecular weight excluding hydrogens is 421 g/mol. The highest BCUT2D eigenvalue weighted by Gasteiger charge is 2.17. The number of pyridine rings is 1. The van der Waals surface area contributed by atoms with E-state index in [1.54, 1.807) is 11.6 Å². The van der Waals surface area contributed by atoms with Crippen molar-refractivity contribution >= 4 is 29.0 Å². The Morgan fingerprint density at radius 3 is 2.68 bits per heavy atom. The molecule has 0 unspecified atom stereocenters. The average molecular weight is 438 g/mol. The van der Waals surface area contributed by atoms with Crippen LogP contribution >= 0.6 is 11.6 Å². The van der Waals surface area contributed by atoms with E-state index in [2.05, 4.69) is 15.4 Å². The molecular formula is C22H17ClFN5O2. The van der Waals surface area contributed by atoms with Crippen LogP contribution in [-0.2, 0) is 0 Å². The number of nitrogens with two attached hydrogens (primary N) is 1. The maximum absolute atomic E-state index is 14.5. The predicted molar refractivity (Wildman–Crippen MR) is 116 cm³/mol. The van der Waals surface area contributed by atoms with Gasteiger partial charge in [-0.05, 0) is 31.2 Å². The van der Waals surface area contributed by atoms with Crippen molar-refractivity contribution in [2.45, 2.75) is 6.92 Å². The van der Waals surface area contributed by atoms with Crippen molar-refractivity contribution in [2.24, 2.45) is 0 Å². The van der Waals surface area contributed by atoms with Gasteiger partial charge in [-0.2, -0.15) is 5.10 Å². The lowest BCUT2D eigenvalue weighted by molar-refractivity contribution is 0.102. The van der Waals surface area contributed by atoms with E-state index in [4.69, 9.17) is 22.1 Å². The third-order valence-corrected chi connectivity index (χ3v) is 4.93. The first kappa shape index (κ1) is 20.4. The quantitative estimate of drug-likeness (QED) is 0.458. The fourth-order valence-electron chi connectivity index (χ4n) is 2.96. The summed E-state index contributed by atoms with van der Waals surface area (Å²) in [5.41, 5.74) is 7.77. The minimum Gasteiger partial charge on any atom is -0.453 e. The Balaban J connectivity index is 1.51. The molecule has 2 heterocycles. The molecule has 1 amide bonds. The van der Waals surface area contributed by atoms with E-state index in [1.165, 1.54) is 30.6 Å². The molecule has 3 N–H and O–H groups in total. The number of nitrogen functional groups attached to an aromatic ring is 1. The number of hydrogen-bond donors (Lipinski definition) is 2. The highest BCUT2D eigenvalue weighted by atomic mass is 35.5. The second kappa shape index (κ2) is 8.45. The van der Waals surface area contributed by atoms with E-state index in [1.807, 2.05) is 30.3 Å². The number of nitrogens with one attached hydrogen (secondary N) is 1. The second-order valence-electron chi connectivity index (χ2n) is 6.60. The van der Waals surface area contributed by atoms with Crippen LogP contribution in [0.2, 0.25) is 5.02 Å². The van der Waals surface area contributed by atoms with Crippen LogP contribution in [0.4, 0.5) is 15.9 Å². The van der Waals surface area contributed by atoms with Gasteiger partial charge in [-0.3, -0.25) is 4.79 Å². The molecule has 156 valence electrons. The summed E-state index contributed by atoms with van der Waals surface area (Å²) in [5.74, 6) is -0.902. The first-order valence-electron chi connectivity index (χ1n) is 9.23. The van der Waals surface area contributed by atoms with Crippen LogP contribution in [0.1, 0.15) is 16.1 Å². The summed E-state index contributed by atoms with van der Waals surface area (Å²) >= 11 is 6.02. The van der Waals surface area contributed by atoms with Crippen LogP contribution in [0.15, 0.2) is 67.0 Å². The van der Waals surface area contributed by atoms with Gasteiger partial charge >= 0.3 is 0 Å². The van der Waals surface area contributed by atoms with Crippen LogP contribution in [-0.4, -0.2) is 20.7 Å². The van der Waals surface area contributed by atoms with Crippen LogP contribution in [0.5, 0.6) is 11.5 Å². The van der Waals surface area contributed by atoms with Gasteiger partial charge in [0.25, 0.3) is 5.91 Å². The van der Waals surface area contributed by atoms with Gasteiger partial charge in [0.2, 0.25) is 0 Å². The third-order valence-electron chi connectivity index (χ3n) is 4.55. The van der Waals surface area contributed by atoms with Crippen LogP contribution in [0.3, 0.4) is 0 Å². The highest BCUT2D eigenvalue weighted by molar-refractivity contribution is 6.34. The zero-order chi connectivity index (χ0) is 22.0. The molecule has 0 spiro atoms. The van der Waals surface area contributed by atoms with Crippen molar-refractivity contribution in [3.63, 3.8) is 0 Å². The average Bonchev–Trinajstić information content (AvgIpc) is 3.15. The van der Waals surface area contributed by atoms with Gasteiger partial charge in [-0.1, -0.05) is 29.8 Å². The van der Waals surface area contributed by atoms with Gasteiger partial charge in [0, 0.05) is 24.0 Å². The zero-order valence-corrected chi connectivity index (χ0v) is 17.1. The minimum atomic E-state index is -0.680. The molecule has 0 aliphatic heterocycles. The van der Waals surface area contributed by atoms with Crippen molar-refractivity contribution in [1.82, 2.24) is 14.8 Å². The Morgan fingerprint density at radius 1 is 1.16 bits per heavy atom. The van der Waals surface area contributed by atoms with Gasteiger partial charge in [0.05, 0.1) is 23.1 Å². The Hall–Kier alpha value is -3.91. The normalized spacial score (nSPS) is 10.7. The van der Waals surface area contributed by atoms with Crippen LogP contribution < -0.4 is 15.8 Å². The van der Waals surface area contributed by atoms with E-state index in [0.717, 1.165) is 11.8 Å². The van der Waals surface area contributed by atoms with Gasteiger partial charge in [-0.15, -0.1) is 0 Å². The summed E-state index contributed by atoms with van der Waals surface area (Å²) in [5, 5.41) is 7.04. The molecule has 0 saturated carbocycles. The molecule has 0 saturated heterocycles. The summed E-state index contributed by atoms with van der Waals surface area (Å²) in [4.78, 5) is 16.5. The molecule has 0 atom stereocenters. The molecule has 0 fully saturated rings. The van der Waals surface area contributed by atoms with Gasteiger partial charge in [0.15, 0.2) is 17.3 Å². The number of rotatable bonds is 5. The minimum absolute atomic E-state index is 0.0708. The van der Waals surface area contributed by atoms with Crippen molar-refractivity contribution in [2.75, 3.05) is 11.1 Å². The van der Waals surface area contributed by atoms with E-state index in [9.17, 15) is 9.18 Å². The number of carbonyl (C=O) groups excluding carboxylic acids is 1. The standard InChI is InChI=1S/C22H17ClFN5O2/c1-13-16(12-27-29(13)15-5-3-2-4-6-15)22(30)28-14-7-8-18(17(24)11-14)31-19-9-10-26-21(25)20(19)23/h2-12H,1H3,(H2,25,26)(H,28,30). The van der Waals surface area contributed by atoms with Crippen LogP contribution in [0.25, 0.3) is 5.69 Å². The number of carbonyl (C=O) groups is 1. The first-order chi connectivity index (χ1) is 14.9. The molecule has 0 bridgehead atoms. The maximum Gasteiger partial charge on any atom is 0.259 e. The Kier molecular flexibility index (Phi) is 5.55. The Labute approximate surface area is 182 Å². The molecule has 9 heteroatoms. The Morgan fingerprint density at radius 2 is 1.94 bits per heavy atom. The summed E-state index contributed by atoms with van der Waals surface area (Å²) in [7, 11) is 0. The van der Waals surface area contributed by atoms with Gasteiger partial charge in [-0.25, -0.2) is 14.1 Å². The molecule has 0 aliphatic rings. The molecule has 4 rings (SSSR count). The third kappa shape index (κ3) is 4.19. The van der Waals surface area contributed by atoms with E-state index in [-0.39, 0.29) is 28.0 Å². The topological polar surface area (TPSA) is 95.1 Å². The van der Waals surface area contributed by atoms with Crippen molar-refractivity contribution in [1.29, 1.82) is 0 Å². The lowest BCUT2D eigenvalue weighted by atomic mass is 10.2. The number of ether oxygens (including phenoxy) is 1. The fraction of sp³-hybridized carbons (Fsp3) is 0.0455. The number of halogens is 2. The first-order valence-corrected chi connectivity index (χ1v) is 9.60. The monoisotopic (exact) mass is 437 g/mol. The number of hydrogen-bond acceptors (Lipinski definition) is 5. The predicted octanol–water partition coefficient (Wildman–Crippen LogP) is 5.00. The number of amides is 1. The lowest BCUT2D eigenvalue weighted by Gasteiger charge is -2.11. The zero-order valence-electron chi connectivity index (χ0n) is 16.3. The van der Waals surface area contributed by atoms with Gasteiger partial charge in [0.1, 0.15) is 10.8 Å².